The molecule has 0 amide bonds. The smallest absolute Gasteiger partial charge is 0.457 e. The molecule has 0 bridgehead atoms. The van der Waals surface area contributed by atoms with Crippen molar-refractivity contribution in [3.63, 3.8) is 0 Å². The number of rotatable bonds is 4. The number of hydrogen-bond donors (Lipinski definition) is 0. The first-order valence-corrected chi connectivity index (χ1v) is 6.28. The van der Waals surface area contributed by atoms with E-state index >= 15 is 0 Å². The molecule has 0 radical (unpaired) electrons. The molecule has 0 aromatic carbocycles. The van der Waals surface area contributed by atoms with E-state index in [4.69, 9.17) is 23.5 Å². The number of esters is 2. The van der Waals surface area contributed by atoms with Gasteiger partial charge in [-0.2, -0.15) is 0 Å². The lowest BCUT2D eigenvalue weighted by Gasteiger charge is -2.17. The molecule has 0 aliphatic carbocycles. The molecule has 2 aliphatic heterocycles. The summed E-state index contributed by atoms with van der Waals surface area (Å²) in [5.41, 5.74) is 0. The van der Waals surface area contributed by atoms with Crippen molar-refractivity contribution in [1.29, 1.82) is 0 Å². The number of ether oxygens (including phenoxy) is 3. The Kier molecular flexibility index (Phi) is 4.44. The number of carbonyl (C=O) groups is 2. The predicted molar refractivity (Wildman–Crippen MR) is 63.0 cm³/mol. The summed E-state index contributed by atoms with van der Waals surface area (Å²) in [7, 11) is -0.350. The third-order valence-corrected chi connectivity index (χ3v) is 2.95. The highest BCUT2D eigenvalue weighted by Crippen LogP contribution is 2.34. The molecule has 0 spiro atoms. The fraction of sp³-hybridized carbons (Fsp3) is 0.818. The Morgan fingerprint density at radius 2 is 1.84 bits per heavy atom. The minimum absolute atomic E-state index is 0.0497. The van der Waals surface area contributed by atoms with Gasteiger partial charge in [0.05, 0.1) is 0 Å². The van der Waals surface area contributed by atoms with E-state index < -0.39 is 36.5 Å². The zero-order valence-corrected chi connectivity index (χ0v) is 11.2. The van der Waals surface area contributed by atoms with Crippen molar-refractivity contribution in [2.75, 3.05) is 6.61 Å². The van der Waals surface area contributed by atoms with E-state index in [-0.39, 0.29) is 13.7 Å². The van der Waals surface area contributed by atoms with Crippen LogP contribution in [0.5, 0.6) is 0 Å². The van der Waals surface area contributed by atoms with E-state index in [9.17, 15) is 9.59 Å². The molecule has 8 heteroatoms. The lowest BCUT2D eigenvalue weighted by atomic mass is 9.87. The first kappa shape index (κ1) is 14.3. The molecule has 2 aliphatic rings. The molecular weight excluding hydrogens is 255 g/mol. The average Bonchev–Trinajstić information content (AvgIpc) is 2.86. The summed E-state index contributed by atoms with van der Waals surface area (Å²) in [6.07, 6.45) is -1.50. The lowest BCUT2D eigenvalue weighted by molar-refractivity contribution is -0.188. The van der Waals surface area contributed by atoms with Gasteiger partial charge in [-0.3, -0.25) is 9.59 Å². The second-order valence-electron chi connectivity index (χ2n) is 4.49. The van der Waals surface area contributed by atoms with Gasteiger partial charge >= 0.3 is 19.1 Å². The van der Waals surface area contributed by atoms with Crippen LogP contribution in [0.1, 0.15) is 20.8 Å². The lowest BCUT2D eigenvalue weighted by Crippen LogP contribution is -2.33. The highest BCUT2D eigenvalue weighted by atomic mass is 16.8. The Labute approximate surface area is 111 Å². The van der Waals surface area contributed by atoms with E-state index in [1.54, 1.807) is 0 Å². The van der Waals surface area contributed by atoms with Crippen LogP contribution < -0.4 is 0 Å². The topological polar surface area (TPSA) is 80.3 Å². The van der Waals surface area contributed by atoms with Crippen LogP contribution in [0, 0.1) is 0 Å². The van der Waals surface area contributed by atoms with Crippen LogP contribution in [0.25, 0.3) is 0 Å². The van der Waals surface area contributed by atoms with Gasteiger partial charge in [0.1, 0.15) is 24.9 Å². The summed E-state index contributed by atoms with van der Waals surface area (Å²) in [5, 5.41) is 0. The molecule has 0 aromatic rings. The van der Waals surface area contributed by atoms with Gasteiger partial charge in [0.15, 0.2) is 0 Å². The predicted octanol–water partition coefficient (Wildman–Crippen LogP) is 0.130. The van der Waals surface area contributed by atoms with Crippen LogP contribution in [0.3, 0.4) is 0 Å². The SMILES string of the molecule is CCB1O[C@H]2[C@H](OC(C)=O)O[C@@H](COC(C)=O)[C@H]2O1. The molecule has 4 atom stereocenters. The molecular formula is C11H17BO7. The van der Waals surface area contributed by atoms with Crippen molar-refractivity contribution < 1.29 is 33.1 Å². The van der Waals surface area contributed by atoms with Gasteiger partial charge < -0.3 is 23.5 Å². The van der Waals surface area contributed by atoms with Crippen molar-refractivity contribution >= 4 is 19.1 Å². The first-order chi connectivity index (χ1) is 9.01. The maximum Gasteiger partial charge on any atom is 0.457 e. The van der Waals surface area contributed by atoms with Crippen molar-refractivity contribution in [3.8, 4) is 0 Å². The zero-order chi connectivity index (χ0) is 14.0. The molecule has 2 rings (SSSR count). The second kappa shape index (κ2) is 5.89. The number of fused-ring (bicyclic) bond motifs is 1. The van der Waals surface area contributed by atoms with Crippen LogP contribution in [0.15, 0.2) is 0 Å². The van der Waals surface area contributed by atoms with Crippen LogP contribution in [0.4, 0.5) is 0 Å². The number of carbonyl (C=O) groups excluding carboxylic acids is 2. The Balaban J connectivity index is 2.01. The largest absolute Gasteiger partial charge is 0.463 e. The average molecular weight is 272 g/mol. The summed E-state index contributed by atoms with van der Waals surface area (Å²) >= 11 is 0. The normalized spacial score (nSPS) is 33.1. The van der Waals surface area contributed by atoms with Gasteiger partial charge in [0.25, 0.3) is 0 Å². The fourth-order valence-electron chi connectivity index (χ4n) is 2.17. The molecule has 19 heavy (non-hydrogen) atoms. The van der Waals surface area contributed by atoms with Crippen molar-refractivity contribution in [2.45, 2.75) is 51.7 Å². The van der Waals surface area contributed by atoms with Gasteiger partial charge in [0.2, 0.25) is 6.29 Å². The van der Waals surface area contributed by atoms with E-state index in [0.717, 1.165) is 0 Å². The minimum Gasteiger partial charge on any atom is -0.463 e. The molecule has 0 N–H and O–H groups in total. The maximum absolute atomic E-state index is 11.0. The summed E-state index contributed by atoms with van der Waals surface area (Å²) in [5.74, 6) is -0.859. The third kappa shape index (κ3) is 3.26. The van der Waals surface area contributed by atoms with Crippen molar-refractivity contribution in [2.24, 2.45) is 0 Å². The molecule has 2 heterocycles. The van der Waals surface area contributed by atoms with E-state index in [1.165, 1.54) is 13.8 Å². The Morgan fingerprint density at radius 3 is 2.42 bits per heavy atom. The molecule has 0 saturated carbocycles. The standard InChI is InChI=1S/C11H17BO7/c1-4-12-18-9-8(5-15-6(2)13)17-11(10(9)19-12)16-7(3)14/h8-11H,4-5H2,1-3H3/t8-,9+,10+,11+/m0/s1. The Hall–Kier alpha value is -1.12. The minimum atomic E-state index is -0.820. The highest BCUT2D eigenvalue weighted by molar-refractivity contribution is 6.45. The molecule has 2 fully saturated rings. The van der Waals surface area contributed by atoms with Gasteiger partial charge in [-0.15, -0.1) is 0 Å². The number of hydrogen-bond acceptors (Lipinski definition) is 7. The summed E-state index contributed by atoms with van der Waals surface area (Å²) < 4.78 is 26.8. The monoisotopic (exact) mass is 272 g/mol. The van der Waals surface area contributed by atoms with Crippen LogP contribution in [-0.4, -0.2) is 50.3 Å². The molecule has 2 saturated heterocycles. The van der Waals surface area contributed by atoms with Crippen molar-refractivity contribution in [1.82, 2.24) is 0 Å². The van der Waals surface area contributed by atoms with E-state index in [2.05, 4.69) is 0 Å². The van der Waals surface area contributed by atoms with Crippen molar-refractivity contribution in [3.05, 3.63) is 0 Å². The quantitative estimate of drug-likeness (QED) is 0.531. The van der Waals surface area contributed by atoms with E-state index in [0.29, 0.717) is 6.32 Å². The second-order valence-corrected chi connectivity index (χ2v) is 4.49. The zero-order valence-electron chi connectivity index (χ0n) is 11.2. The molecule has 106 valence electrons. The molecule has 0 aromatic heterocycles. The Bertz CT molecular complexity index is 361. The van der Waals surface area contributed by atoms with Gasteiger partial charge in [-0.25, -0.2) is 0 Å². The summed E-state index contributed by atoms with van der Waals surface area (Å²) in [6, 6.07) is 0. The summed E-state index contributed by atoms with van der Waals surface area (Å²) in [4.78, 5) is 21.9. The highest BCUT2D eigenvalue weighted by Gasteiger charge is 2.55. The Morgan fingerprint density at radius 1 is 1.16 bits per heavy atom. The first-order valence-electron chi connectivity index (χ1n) is 6.28. The maximum atomic E-state index is 11.0. The third-order valence-electron chi connectivity index (χ3n) is 2.95. The van der Waals surface area contributed by atoms with Crippen LogP contribution in [-0.2, 0) is 33.1 Å². The van der Waals surface area contributed by atoms with Gasteiger partial charge in [-0.1, -0.05) is 6.92 Å². The van der Waals surface area contributed by atoms with Crippen LogP contribution >= 0.6 is 0 Å². The molecule has 7 nitrogen and oxygen atoms in total. The van der Waals surface area contributed by atoms with Crippen LogP contribution in [0.2, 0.25) is 6.32 Å². The molecule has 0 unspecified atom stereocenters. The summed E-state index contributed by atoms with van der Waals surface area (Å²) in [6.45, 7) is 4.59. The fourth-order valence-corrected chi connectivity index (χ4v) is 2.17. The van der Waals surface area contributed by atoms with Gasteiger partial charge in [0, 0.05) is 13.8 Å². The van der Waals surface area contributed by atoms with Gasteiger partial charge in [-0.05, 0) is 6.32 Å². The van der Waals surface area contributed by atoms with E-state index in [1.807, 2.05) is 6.92 Å².